The fourth-order valence-corrected chi connectivity index (χ4v) is 3.73. The van der Waals surface area contributed by atoms with Gasteiger partial charge in [-0.3, -0.25) is 9.59 Å². The first kappa shape index (κ1) is 21.7. The van der Waals surface area contributed by atoms with Crippen molar-refractivity contribution in [2.75, 3.05) is 32.8 Å². The van der Waals surface area contributed by atoms with E-state index in [1.807, 2.05) is 36.1 Å². The highest BCUT2D eigenvalue weighted by Gasteiger charge is 2.40. The molecule has 7 heteroatoms. The summed E-state index contributed by atoms with van der Waals surface area (Å²) >= 11 is 0. The van der Waals surface area contributed by atoms with Crippen molar-refractivity contribution in [2.24, 2.45) is 11.1 Å². The number of likely N-dealkylation sites (tertiary alicyclic amines) is 1. The summed E-state index contributed by atoms with van der Waals surface area (Å²) < 4.78 is 5.38. The van der Waals surface area contributed by atoms with E-state index in [1.54, 1.807) is 0 Å². The Morgan fingerprint density at radius 1 is 1.19 bits per heavy atom. The Morgan fingerprint density at radius 2 is 1.78 bits per heavy atom. The molecule has 0 aromatic heterocycles. The maximum Gasteiger partial charge on any atom is 0.253 e. The first-order valence-electron chi connectivity index (χ1n) is 9.49. The van der Waals surface area contributed by atoms with Gasteiger partial charge in [-0.2, -0.15) is 0 Å². The fourth-order valence-electron chi connectivity index (χ4n) is 3.73. The molecule has 0 aliphatic carbocycles. The second-order valence-electron chi connectivity index (χ2n) is 7.50. The molecule has 2 saturated heterocycles. The zero-order chi connectivity index (χ0) is 18.6. The Morgan fingerprint density at radius 3 is 2.33 bits per heavy atom. The zero-order valence-corrected chi connectivity index (χ0v) is 16.7. The predicted octanol–water partition coefficient (Wildman–Crippen LogP) is 1.89. The summed E-state index contributed by atoms with van der Waals surface area (Å²) in [5.41, 5.74) is 7.29. The lowest BCUT2D eigenvalue weighted by Crippen LogP contribution is -2.54. The lowest BCUT2D eigenvalue weighted by molar-refractivity contribution is -0.136. The SMILES string of the molecule is Cc1ccc(C(=O)N2CCC(NC(=O)C3(CN)CCOCC3)CC2)cc1.Cl. The number of piperidine rings is 1. The van der Waals surface area contributed by atoms with Gasteiger partial charge < -0.3 is 20.7 Å². The lowest BCUT2D eigenvalue weighted by Gasteiger charge is -2.38. The van der Waals surface area contributed by atoms with E-state index >= 15 is 0 Å². The number of rotatable bonds is 4. The fraction of sp³-hybridized carbons (Fsp3) is 0.600. The molecule has 1 aromatic carbocycles. The van der Waals surface area contributed by atoms with E-state index in [1.165, 1.54) is 0 Å². The van der Waals surface area contributed by atoms with Gasteiger partial charge in [-0.15, -0.1) is 12.4 Å². The van der Waals surface area contributed by atoms with Gasteiger partial charge >= 0.3 is 0 Å². The number of carbonyl (C=O) groups excluding carboxylic acids is 2. The van der Waals surface area contributed by atoms with Gasteiger partial charge in [0.25, 0.3) is 5.91 Å². The number of ether oxygens (including phenoxy) is 1. The average molecular weight is 396 g/mol. The third-order valence-corrected chi connectivity index (χ3v) is 5.74. The normalized spacial score (nSPS) is 19.9. The smallest absolute Gasteiger partial charge is 0.253 e. The summed E-state index contributed by atoms with van der Waals surface area (Å²) in [5.74, 6) is 0.115. The molecule has 0 spiro atoms. The first-order chi connectivity index (χ1) is 12.5. The van der Waals surface area contributed by atoms with E-state index in [-0.39, 0.29) is 30.3 Å². The second-order valence-corrected chi connectivity index (χ2v) is 7.50. The summed E-state index contributed by atoms with van der Waals surface area (Å²) in [4.78, 5) is 27.2. The summed E-state index contributed by atoms with van der Waals surface area (Å²) in [6.45, 7) is 4.87. The quantitative estimate of drug-likeness (QED) is 0.815. The number of amides is 2. The van der Waals surface area contributed by atoms with Crippen LogP contribution in [0.4, 0.5) is 0 Å². The van der Waals surface area contributed by atoms with Crippen LogP contribution >= 0.6 is 12.4 Å². The van der Waals surface area contributed by atoms with Gasteiger partial charge in [0.05, 0.1) is 5.41 Å². The molecule has 2 aliphatic rings. The summed E-state index contributed by atoms with van der Waals surface area (Å²) in [5, 5.41) is 3.17. The molecular weight excluding hydrogens is 366 g/mol. The van der Waals surface area contributed by atoms with Crippen LogP contribution in [0.3, 0.4) is 0 Å². The highest BCUT2D eigenvalue weighted by atomic mass is 35.5. The molecular formula is C20H30ClN3O3. The molecule has 2 heterocycles. The average Bonchev–Trinajstić information content (AvgIpc) is 2.69. The summed E-state index contributed by atoms with van der Waals surface area (Å²) in [6, 6.07) is 7.78. The van der Waals surface area contributed by atoms with Crippen molar-refractivity contribution in [1.29, 1.82) is 0 Å². The molecule has 1 aromatic rings. The van der Waals surface area contributed by atoms with Gasteiger partial charge in [0.1, 0.15) is 0 Å². The third-order valence-electron chi connectivity index (χ3n) is 5.74. The zero-order valence-electron chi connectivity index (χ0n) is 15.9. The van der Waals surface area contributed by atoms with Crippen molar-refractivity contribution in [2.45, 2.75) is 38.6 Å². The molecule has 6 nitrogen and oxygen atoms in total. The molecule has 2 fully saturated rings. The molecule has 0 bridgehead atoms. The number of nitrogens with two attached hydrogens (primary N) is 1. The maximum absolute atomic E-state index is 12.8. The Hall–Kier alpha value is -1.63. The van der Waals surface area contributed by atoms with Crippen LogP contribution in [0.5, 0.6) is 0 Å². The van der Waals surface area contributed by atoms with Gasteiger partial charge in [0.2, 0.25) is 5.91 Å². The van der Waals surface area contributed by atoms with E-state index in [2.05, 4.69) is 5.32 Å². The minimum absolute atomic E-state index is 0. The minimum Gasteiger partial charge on any atom is -0.381 e. The number of nitrogens with zero attached hydrogens (tertiary/aromatic N) is 1. The summed E-state index contributed by atoms with van der Waals surface area (Å²) in [6.07, 6.45) is 2.92. The first-order valence-corrected chi connectivity index (χ1v) is 9.49. The van der Waals surface area contributed by atoms with Crippen molar-refractivity contribution in [3.05, 3.63) is 35.4 Å². The third kappa shape index (κ3) is 5.00. The molecule has 2 aliphatic heterocycles. The van der Waals surface area contributed by atoms with E-state index in [0.29, 0.717) is 45.7 Å². The number of aryl methyl sites for hydroxylation is 1. The molecule has 0 saturated carbocycles. The highest BCUT2D eigenvalue weighted by Crippen LogP contribution is 2.30. The number of hydrogen-bond donors (Lipinski definition) is 2. The van der Waals surface area contributed by atoms with E-state index in [9.17, 15) is 9.59 Å². The van der Waals surface area contributed by atoms with Gasteiger partial charge in [-0.25, -0.2) is 0 Å². The Balaban J connectivity index is 0.00000261. The van der Waals surface area contributed by atoms with Crippen molar-refractivity contribution in [3.8, 4) is 0 Å². The summed E-state index contributed by atoms with van der Waals surface area (Å²) in [7, 11) is 0. The largest absolute Gasteiger partial charge is 0.381 e. The number of hydrogen-bond acceptors (Lipinski definition) is 4. The van der Waals surface area contributed by atoms with Gasteiger partial charge in [-0.05, 0) is 44.7 Å². The van der Waals surface area contributed by atoms with E-state index in [4.69, 9.17) is 10.5 Å². The Kier molecular flexibility index (Phi) is 7.65. The molecule has 27 heavy (non-hydrogen) atoms. The monoisotopic (exact) mass is 395 g/mol. The maximum atomic E-state index is 12.8. The van der Waals surface area contributed by atoms with Crippen molar-refractivity contribution >= 4 is 24.2 Å². The molecule has 2 amide bonds. The minimum atomic E-state index is -0.493. The lowest BCUT2D eigenvalue weighted by atomic mass is 9.79. The van der Waals surface area contributed by atoms with Gasteiger partial charge in [-0.1, -0.05) is 17.7 Å². The predicted molar refractivity (Wildman–Crippen MR) is 107 cm³/mol. The number of benzene rings is 1. The Labute approximate surface area is 167 Å². The standard InChI is InChI=1S/C20H29N3O3.ClH/c1-15-2-4-16(5-3-15)18(24)23-10-6-17(7-11-23)22-19(25)20(14-21)8-12-26-13-9-20;/h2-5,17H,6-14,21H2,1H3,(H,22,25);1H. The van der Waals surface area contributed by atoms with Gasteiger partial charge in [0.15, 0.2) is 0 Å². The van der Waals surface area contributed by atoms with Crippen LogP contribution in [0, 0.1) is 12.3 Å². The van der Waals surface area contributed by atoms with Crippen LogP contribution < -0.4 is 11.1 Å². The number of carbonyl (C=O) groups is 2. The van der Waals surface area contributed by atoms with Crippen molar-refractivity contribution in [1.82, 2.24) is 10.2 Å². The van der Waals surface area contributed by atoms with Crippen molar-refractivity contribution < 1.29 is 14.3 Å². The van der Waals surface area contributed by atoms with Crippen LogP contribution in [0.2, 0.25) is 0 Å². The molecule has 0 radical (unpaired) electrons. The van der Waals surface area contributed by atoms with Crippen LogP contribution in [0.15, 0.2) is 24.3 Å². The Bertz CT molecular complexity index is 636. The number of nitrogens with one attached hydrogen (secondary N) is 1. The second kappa shape index (κ2) is 9.53. The van der Waals surface area contributed by atoms with Crippen LogP contribution in [0.1, 0.15) is 41.6 Å². The molecule has 150 valence electrons. The van der Waals surface area contributed by atoms with E-state index < -0.39 is 5.41 Å². The highest BCUT2D eigenvalue weighted by molar-refractivity contribution is 5.94. The molecule has 0 atom stereocenters. The van der Waals surface area contributed by atoms with E-state index in [0.717, 1.165) is 24.0 Å². The molecule has 0 unspecified atom stereocenters. The number of halogens is 1. The van der Waals surface area contributed by atoms with Crippen LogP contribution in [0.25, 0.3) is 0 Å². The van der Waals surface area contributed by atoms with Gasteiger partial charge in [0, 0.05) is 44.5 Å². The molecule has 3 rings (SSSR count). The van der Waals surface area contributed by atoms with Crippen LogP contribution in [-0.2, 0) is 9.53 Å². The van der Waals surface area contributed by atoms with Crippen LogP contribution in [-0.4, -0.2) is 55.6 Å². The topological polar surface area (TPSA) is 84.7 Å². The van der Waals surface area contributed by atoms with Crippen molar-refractivity contribution in [3.63, 3.8) is 0 Å². The molecule has 3 N–H and O–H groups in total.